The lowest BCUT2D eigenvalue weighted by molar-refractivity contribution is 0.0921. The average molecular weight is 441 g/mol. The molecule has 4 rings (SSSR count). The second-order valence-electron chi connectivity index (χ2n) is 7.50. The predicted molar refractivity (Wildman–Crippen MR) is 121 cm³/mol. The fourth-order valence-corrected chi connectivity index (χ4v) is 4.30. The number of imidazole rings is 1. The molecule has 0 radical (unpaired) electrons. The van der Waals surface area contributed by atoms with Crippen molar-refractivity contribution in [2.75, 3.05) is 37.6 Å². The van der Waals surface area contributed by atoms with E-state index in [0.29, 0.717) is 18.1 Å². The second-order valence-corrected chi connectivity index (χ2v) is 8.45. The Kier molecular flexibility index (Phi) is 6.93. The minimum atomic E-state index is -0.229. The Labute approximate surface area is 186 Å². The molecular formula is C22H28N6O2S. The van der Waals surface area contributed by atoms with Crippen molar-refractivity contribution in [1.82, 2.24) is 24.8 Å². The van der Waals surface area contributed by atoms with Crippen LogP contribution in [0.2, 0.25) is 0 Å². The summed E-state index contributed by atoms with van der Waals surface area (Å²) in [6.45, 7) is 7.84. The molecule has 0 saturated carbocycles. The highest BCUT2D eigenvalue weighted by Crippen LogP contribution is 2.22. The van der Waals surface area contributed by atoms with Gasteiger partial charge in [-0.15, -0.1) is 0 Å². The first-order chi connectivity index (χ1) is 15.1. The fraction of sp³-hybridized carbons (Fsp3) is 0.409. The van der Waals surface area contributed by atoms with Gasteiger partial charge in [-0.05, 0) is 30.3 Å². The Balaban J connectivity index is 1.25. The highest BCUT2D eigenvalue weighted by atomic mass is 32.2. The Morgan fingerprint density at radius 2 is 2.00 bits per heavy atom. The quantitative estimate of drug-likeness (QED) is 0.540. The van der Waals surface area contributed by atoms with Gasteiger partial charge in [0.25, 0.3) is 5.91 Å². The van der Waals surface area contributed by atoms with Crippen molar-refractivity contribution in [2.24, 2.45) is 7.05 Å². The van der Waals surface area contributed by atoms with Gasteiger partial charge in [0.15, 0.2) is 10.9 Å². The van der Waals surface area contributed by atoms with E-state index >= 15 is 0 Å². The molecule has 0 unspecified atom stereocenters. The van der Waals surface area contributed by atoms with E-state index in [9.17, 15) is 4.79 Å². The van der Waals surface area contributed by atoms with Crippen molar-refractivity contribution in [3.8, 4) is 0 Å². The van der Waals surface area contributed by atoms with Crippen LogP contribution in [0.25, 0.3) is 0 Å². The van der Waals surface area contributed by atoms with Gasteiger partial charge in [0.05, 0.1) is 5.75 Å². The zero-order chi connectivity index (χ0) is 21.6. The van der Waals surface area contributed by atoms with E-state index in [0.717, 1.165) is 55.0 Å². The van der Waals surface area contributed by atoms with E-state index < -0.39 is 0 Å². The molecule has 9 heteroatoms. The van der Waals surface area contributed by atoms with Gasteiger partial charge in [0.2, 0.25) is 0 Å². The molecule has 8 nitrogen and oxygen atoms in total. The number of carbonyl (C=O) groups is 1. The van der Waals surface area contributed by atoms with Gasteiger partial charge in [0, 0.05) is 58.4 Å². The highest BCUT2D eigenvalue weighted by molar-refractivity contribution is 7.98. The predicted octanol–water partition coefficient (Wildman–Crippen LogP) is 2.77. The molecule has 0 aromatic carbocycles. The summed E-state index contributed by atoms with van der Waals surface area (Å²) < 4.78 is 7.64. The number of aromatic nitrogens is 3. The van der Waals surface area contributed by atoms with Crippen molar-refractivity contribution in [3.05, 3.63) is 59.9 Å². The number of hydrogen-bond donors (Lipinski definition) is 1. The summed E-state index contributed by atoms with van der Waals surface area (Å²) in [5, 5.41) is 3.81. The number of anilines is 1. The number of hydrogen-bond acceptors (Lipinski definition) is 7. The van der Waals surface area contributed by atoms with E-state index in [1.54, 1.807) is 24.0 Å². The largest absolute Gasteiger partial charge is 0.455 e. The third-order valence-electron chi connectivity index (χ3n) is 5.41. The number of rotatable bonds is 8. The molecular weight excluding hydrogens is 412 g/mol. The van der Waals surface area contributed by atoms with Crippen LogP contribution in [-0.4, -0.2) is 58.1 Å². The summed E-state index contributed by atoms with van der Waals surface area (Å²) in [6.07, 6.45) is 5.49. The Morgan fingerprint density at radius 3 is 2.68 bits per heavy atom. The zero-order valence-corrected chi connectivity index (χ0v) is 18.8. The maximum Gasteiger partial charge on any atom is 0.287 e. The summed E-state index contributed by atoms with van der Waals surface area (Å²) in [5.41, 5.74) is 0.960. The summed E-state index contributed by atoms with van der Waals surface area (Å²) in [6, 6.07) is 7.59. The Morgan fingerprint density at radius 1 is 1.16 bits per heavy atom. The molecule has 1 N–H and O–H groups in total. The number of furan rings is 1. The standard InChI is InChI=1S/C22H28N6O2S/c1-3-27-10-12-28(13-11-27)20-7-4-17(14-24-20)15-25-21(29)19-6-5-18(30-19)16-31-22-23-8-9-26(22)2/h4-9,14H,3,10-13,15-16H2,1-2H3,(H,25,29). The third kappa shape index (κ3) is 5.48. The molecule has 1 aliphatic rings. The lowest BCUT2D eigenvalue weighted by Gasteiger charge is -2.34. The number of thioether (sulfide) groups is 1. The SMILES string of the molecule is CCN1CCN(c2ccc(CNC(=O)c3ccc(CSc4nccn4C)o3)cn2)CC1. The van der Waals surface area contributed by atoms with Crippen LogP contribution in [0.15, 0.2) is 52.4 Å². The molecule has 0 aliphatic carbocycles. The van der Waals surface area contributed by atoms with Gasteiger partial charge < -0.3 is 24.1 Å². The maximum absolute atomic E-state index is 12.4. The fourth-order valence-electron chi connectivity index (χ4n) is 3.48. The Hall–Kier alpha value is -2.78. The van der Waals surface area contributed by atoms with Crippen LogP contribution >= 0.6 is 11.8 Å². The molecule has 1 aliphatic heterocycles. The molecule has 31 heavy (non-hydrogen) atoms. The van der Waals surface area contributed by atoms with Crippen molar-refractivity contribution < 1.29 is 9.21 Å². The molecule has 3 aromatic heterocycles. The smallest absolute Gasteiger partial charge is 0.287 e. The van der Waals surface area contributed by atoms with E-state index in [2.05, 4.69) is 32.0 Å². The Bertz CT molecular complexity index is 992. The molecule has 4 heterocycles. The van der Waals surface area contributed by atoms with Gasteiger partial charge >= 0.3 is 0 Å². The van der Waals surface area contributed by atoms with E-state index in [1.807, 2.05) is 42.2 Å². The first-order valence-electron chi connectivity index (χ1n) is 10.5. The third-order valence-corrected chi connectivity index (χ3v) is 6.49. The number of likely N-dealkylation sites (N-methyl/N-ethyl adjacent to an activating group) is 1. The number of piperazine rings is 1. The van der Waals surface area contributed by atoms with Gasteiger partial charge in [0.1, 0.15) is 11.6 Å². The van der Waals surface area contributed by atoms with Gasteiger partial charge in [-0.3, -0.25) is 4.79 Å². The number of carbonyl (C=O) groups excluding carboxylic acids is 1. The number of nitrogens with zero attached hydrogens (tertiary/aromatic N) is 5. The van der Waals surface area contributed by atoms with Crippen molar-refractivity contribution in [3.63, 3.8) is 0 Å². The van der Waals surface area contributed by atoms with E-state index in [1.165, 1.54) is 0 Å². The van der Waals surface area contributed by atoms with Gasteiger partial charge in [-0.1, -0.05) is 24.8 Å². The number of aryl methyl sites for hydroxylation is 1. The van der Waals surface area contributed by atoms with Crippen LogP contribution in [0.3, 0.4) is 0 Å². The van der Waals surface area contributed by atoms with Gasteiger partial charge in [-0.25, -0.2) is 9.97 Å². The van der Waals surface area contributed by atoms with Crippen molar-refractivity contribution in [2.45, 2.75) is 24.4 Å². The summed E-state index contributed by atoms with van der Waals surface area (Å²) in [4.78, 5) is 26.0. The topological polar surface area (TPSA) is 79.4 Å². The lowest BCUT2D eigenvalue weighted by Crippen LogP contribution is -2.46. The van der Waals surface area contributed by atoms with Crippen molar-refractivity contribution in [1.29, 1.82) is 0 Å². The first-order valence-corrected chi connectivity index (χ1v) is 11.5. The van der Waals surface area contributed by atoms with Crippen LogP contribution < -0.4 is 10.2 Å². The molecule has 0 spiro atoms. The summed E-state index contributed by atoms with van der Waals surface area (Å²) >= 11 is 1.57. The highest BCUT2D eigenvalue weighted by Gasteiger charge is 2.17. The number of pyridine rings is 1. The van der Waals surface area contributed by atoms with Crippen LogP contribution in [0, 0.1) is 0 Å². The normalized spacial score (nSPS) is 14.7. The lowest BCUT2D eigenvalue weighted by atomic mass is 10.2. The number of nitrogens with one attached hydrogen (secondary N) is 1. The molecule has 3 aromatic rings. The molecule has 0 atom stereocenters. The number of amides is 1. The molecule has 1 fully saturated rings. The van der Waals surface area contributed by atoms with Gasteiger partial charge in [-0.2, -0.15) is 0 Å². The maximum atomic E-state index is 12.4. The minimum Gasteiger partial charge on any atom is -0.455 e. The summed E-state index contributed by atoms with van der Waals surface area (Å²) in [5.74, 6) is 2.44. The summed E-state index contributed by atoms with van der Waals surface area (Å²) in [7, 11) is 1.95. The van der Waals surface area contributed by atoms with Crippen LogP contribution in [0.1, 0.15) is 28.8 Å². The van der Waals surface area contributed by atoms with E-state index in [4.69, 9.17) is 4.42 Å². The average Bonchev–Trinajstić information content (AvgIpc) is 3.45. The van der Waals surface area contributed by atoms with Crippen molar-refractivity contribution >= 4 is 23.5 Å². The monoisotopic (exact) mass is 440 g/mol. The van der Waals surface area contributed by atoms with Crippen LogP contribution in [0.5, 0.6) is 0 Å². The van der Waals surface area contributed by atoms with Crippen LogP contribution in [0.4, 0.5) is 5.82 Å². The first kappa shape index (κ1) is 21.5. The zero-order valence-electron chi connectivity index (χ0n) is 18.0. The minimum absolute atomic E-state index is 0.229. The molecule has 1 amide bonds. The van der Waals surface area contributed by atoms with Crippen LogP contribution in [-0.2, 0) is 19.3 Å². The van der Waals surface area contributed by atoms with E-state index in [-0.39, 0.29) is 5.91 Å². The molecule has 164 valence electrons. The molecule has 0 bridgehead atoms. The second kappa shape index (κ2) is 10.0. The molecule has 1 saturated heterocycles.